The third-order valence-electron chi connectivity index (χ3n) is 3.38. The van der Waals surface area contributed by atoms with Crippen LogP contribution < -0.4 is 5.32 Å². The van der Waals surface area contributed by atoms with Crippen LogP contribution >= 0.6 is 23.4 Å². The molecule has 0 unspecified atom stereocenters. The fourth-order valence-corrected chi connectivity index (χ4v) is 3.07. The Bertz CT molecular complexity index is 991. The summed E-state index contributed by atoms with van der Waals surface area (Å²) in [6.07, 6.45) is 0. The molecule has 0 fully saturated rings. The summed E-state index contributed by atoms with van der Waals surface area (Å²) in [5.74, 6) is 0.389. The van der Waals surface area contributed by atoms with Crippen molar-refractivity contribution in [2.24, 2.45) is 0 Å². The van der Waals surface area contributed by atoms with Crippen molar-refractivity contribution >= 4 is 40.6 Å². The quantitative estimate of drug-likeness (QED) is 0.364. The van der Waals surface area contributed by atoms with Crippen LogP contribution in [0.4, 0.5) is 11.4 Å². The summed E-state index contributed by atoms with van der Waals surface area (Å²) >= 11 is 7.19. The van der Waals surface area contributed by atoms with Crippen LogP contribution in [0.3, 0.4) is 0 Å². The smallest absolute Gasteiger partial charge is 0.277 e. The van der Waals surface area contributed by atoms with Crippen molar-refractivity contribution in [3.8, 4) is 11.5 Å². The molecule has 2 aromatic carbocycles. The number of hydrogen-bond donors (Lipinski definition) is 1. The molecule has 0 aliphatic carbocycles. The van der Waals surface area contributed by atoms with Gasteiger partial charge < -0.3 is 9.73 Å². The summed E-state index contributed by atoms with van der Waals surface area (Å²) in [4.78, 5) is 21.8. The molecular formula is C17H13ClN4O4S. The van der Waals surface area contributed by atoms with Crippen LogP contribution in [-0.4, -0.2) is 21.0 Å². The standard InChI is InChI=1S/C17H13ClN4O4S/c1-10(23)19-14-6-12(7-15(8-14)22(24)25)16-20-21-17(26-16)27-9-11-2-4-13(18)5-3-11/h2-8H,9H2,1H3,(H,19,23). The molecule has 0 saturated carbocycles. The Morgan fingerprint density at radius 3 is 2.67 bits per heavy atom. The average Bonchev–Trinajstić information content (AvgIpc) is 3.09. The number of rotatable bonds is 6. The van der Waals surface area contributed by atoms with Gasteiger partial charge in [0.15, 0.2) is 0 Å². The van der Waals surface area contributed by atoms with Crippen molar-refractivity contribution in [1.82, 2.24) is 10.2 Å². The van der Waals surface area contributed by atoms with E-state index < -0.39 is 4.92 Å². The topological polar surface area (TPSA) is 111 Å². The number of carbonyl (C=O) groups is 1. The van der Waals surface area contributed by atoms with E-state index in [1.54, 1.807) is 12.1 Å². The molecule has 27 heavy (non-hydrogen) atoms. The van der Waals surface area contributed by atoms with Gasteiger partial charge in [0.05, 0.1) is 4.92 Å². The van der Waals surface area contributed by atoms with Crippen LogP contribution in [0.2, 0.25) is 5.02 Å². The summed E-state index contributed by atoms with van der Waals surface area (Å²) in [6.45, 7) is 1.32. The lowest BCUT2D eigenvalue weighted by Gasteiger charge is -2.04. The highest BCUT2D eigenvalue weighted by atomic mass is 35.5. The number of halogens is 1. The molecule has 1 N–H and O–H groups in total. The lowest BCUT2D eigenvalue weighted by molar-refractivity contribution is -0.384. The van der Waals surface area contributed by atoms with Crippen molar-refractivity contribution in [3.63, 3.8) is 0 Å². The molecule has 0 aliphatic heterocycles. The predicted molar refractivity (Wildman–Crippen MR) is 102 cm³/mol. The maximum atomic E-state index is 11.2. The van der Waals surface area contributed by atoms with Gasteiger partial charge in [-0.25, -0.2) is 0 Å². The Balaban J connectivity index is 1.80. The number of aromatic nitrogens is 2. The van der Waals surface area contributed by atoms with Crippen LogP contribution in [0.25, 0.3) is 11.5 Å². The van der Waals surface area contributed by atoms with Gasteiger partial charge in [0.2, 0.25) is 11.8 Å². The number of thioether (sulfide) groups is 1. The Kier molecular flexibility index (Phi) is 5.72. The van der Waals surface area contributed by atoms with Crippen molar-refractivity contribution in [1.29, 1.82) is 0 Å². The minimum absolute atomic E-state index is 0.129. The molecule has 0 aliphatic rings. The molecule has 0 spiro atoms. The van der Waals surface area contributed by atoms with E-state index in [9.17, 15) is 14.9 Å². The molecule has 3 aromatic rings. The molecule has 138 valence electrons. The van der Waals surface area contributed by atoms with E-state index in [0.717, 1.165) is 5.56 Å². The molecule has 1 aromatic heterocycles. The van der Waals surface area contributed by atoms with Crippen molar-refractivity contribution in [3.05, 3.63) is 63.2 Å². The SMILES string of the molecule is CC(=O)Nc1cc(-c2nnc(SCc3ccc(Cl)cc3)o2)cc([N+](=O)[O-])c1. The van der Waals surface area contributed by atoms with Crippen LogP contribution in [0, 0.1) is 10.1 Å². The third kappa shape index (κ3) is 5.05. The summed E-state index contributed by atoms with van der Waals surface area (Å²) in [7, 11) is 0. The van der Waals surface area contributed by atoms with Crippen LogP contribution in [0.5, 0.6) is 0 Å². The van der Waals surface area contributed by atoms with E-state index in [-0.39, 0.29) is 23.2 Å². The van der Waals surface area contributed by atoms with Gasteiger partial charge in [0.1, 0.15) is 0 Å². The monoisotopic (exact) mass is 404 g/mol. The van der Waals surface area contributed by atoms with Gasteiger partial charge in [-0.15, -0.1) is 10.2 Å². The van der Waals surface area contributed by atoms with E-state index in [1.807, 2.05) is 12.1 Å². The number of nitro benzene ring substituents is 1. The average molecular weight is 405 g/mol. The maximum absolute atomic E-state index is 11.2. The molecule has 0 atom stereocenters. The summed E-state index contributed by atoms with van der Waals surface area (Å²) < 4.78 is 5.59. The number of anilines is 1. The second kappa shape index (κ2) is 8.19. The summed E-state index contributed by atoms with van der Waals surface area (Å²) in [6, 6.07) is 11.5. The van der Waals surface area contributed by atoms with Gasteiger partial charge in [-0.05, 0) is 23.8 Å². The number of non-ortho nitro benzene ring substituents is 1. The van der Waals surface area contributed by atoms with Crippen LogP contribution in [0.1, 0.15) is 12.5 Å². The minimum atomic E-state index is -0.554. The first kappa shape index (κ1) is 18.9. The Morgan fingerprint density at radius 1 is 1.26 bits per heavy atom. The highest BCUT2D eigenvalue weighted by molar-refractivity contribution is 7.98. The third-order valence-corrected chi connectivity index (χ3v) is 4.52. The first-order chi connectivity index (χ1) is 12.9. The minimum Gasteiger partial charge on any atom is -0.411 e. The van der Waals surface area contributed by atoms with E-state index in [1.165, 1.54) is 36.9 Å². The fourth-order valence-electron chi connectivity index (χ4n) is 2.23. The number of nitro groups is 1. The molecule has 0 bridgehead atoms. The lowest BCUT2D eigenvalue weighted by atomic mass is 10.1. The number of nitrogens with zero attached hydrogens (tertiary/aromatic N) is 3. The molecule has 8 nitrogen and oxygen atoms in total. The van der Waals surface area contributed by atoms with Crippen LogP contribution in [-0.2, 0) is 10.5 Å². The van der Waals surface area contributed by atoms with E-state index >= 15 is 0 Å². The normalized spacial score (nSPS) is 10.6. The second-order valence-corrected chi connectivity index (χ2v) is 6.86. The van der Waals surface area contributed by atoms with Crippen LogP contribution in [0.15, 0.2) is 52.1 Å². The lowest BCUT2D eigenvalue weighted by Crippen LogP contribution is -2.06. The highest BCUT2D eigenvalue weighted by Gasteiger charge is 2.16. The van der Waals surface area contributed by atoms with Crippen molar-refractivity contribution < 1.29 is 14.1 Å². The highest BCUT2D eigenvalue weighted by Crippen LogP contribution is 2.30. The first-order valence-electron chi connectivity index (χ1n) is 7.69. The maximum Gasteiger partial charge on any atom is 0.277 e. The van der Waals surface area contributed by atoms with Gasteiger partial charge >= 0.3 is 0 Å². The predicted octanol–water partition coefficient (Wildman–Crippen LogP) is 4.55. The molecule has 1 amide bonds. The number of hydrogen-bond acceptors (Lipinski definition) is 7. The van der Waals surface area contributed by atoms with Crippen molar-refractivity contribution in [2.45, 2.75) is 17.9 Å². The molecule has 10 heteroatoms. The zero-order valence-electron chi connectivity index (χ0n) is 14.0. The van der Waals surface area contributed by atoms with Gasteiger partial charge in [-0.2, -0.15) is 0 Å². The van der Waals surface area contributed by atoms with E-state index in [4.69, 9.17) is 16.0 Å². The molecule has 0 radical (unpaired) electrons. The zero-order chi connectivity index (χ0) is 19.4. The summed E-state index contributed by atoms with van der Waals surface area (Å²) in [5, 5.41) is 22.5. The second-order valence-electron chi connectivity index (χ2n) is 5.50. The molecule has 1 heterocycles. The van der Waals surface area contributed by atoms with E-state index in [2.05, 4.69) is 15.5 Å². The number of amides is 1. The zero-order valence-corrected chi connectivity index (χ0v) is 15.6. The first-order valence-corrected chi connectivity index (χ1v) is 9.05. The fraction of sp³-hybridized carbons (Fsp3) is 0.118. The Labute approximate surface area is 163 Å². The van der Waals surface area contributed by atoms with Gasteiger partial charge in [0, 0.05) is 41.1 Å². The number of carbonyl (C=O) groups excluding carboxylic acids is 1. The van der Waals surface area contributed by atoms with Gasteiger partial charge in [0.25, 0.3) is 10.9 Å². The molecule has 3 rings (SSSR count). The van der Waals surface area contributed by atoms with Gasteiger partial charge in [-0.3, -0.25) is 14.9 Å². The Morgan fingerprint density at radius 2 is 2.00 bits per heavy atom. The number of nitrogens with one attached hydrogen (secondary N) is 1. The van der Waals surface area contributed by atoms with Crippen molar-refractivity contribution in [2.75, 3.05) is 5.32 Å². The van der Waals surface area contributed by atoms with Gasteiger partial charge in [-0.1, -0.05) is 35.5 Å². The van der Waals surface area contributed by atoms with E-state index in [0.29, 0.717) is 21.6 Å². The largest absolute Gasteiger partial charge is 0.411 e. The number of benzene rings is 2. The molecule has 0 saturated heterocycles. The Hall–Kier alpha value is -2.91. The molecular weight excluding hydrogens is 392 g/mol. The summed E-state index contributed by atoms with van der Waals surface area (Å²) in [5.41, 5.74) is 1.47.